The van der Waals surface area contributed by atoms with Gasteiger partial charge in [-0.25, -0.2) is 13.4 Å². The van der Waals surface area contributed by atoms with Crippen molar-refractivity contribution in [3.05, 3.63) is 53.6 Å². The van der Waals surface area contributed by atoms with Gasteiger partial charge in [0.05, 0.1) is 30.0 Å². The van der Waals surface area contributed by atoms with E-state index in [4.69, 9.17) is 9.72 Å². The first-order valence-electron chi connectivity index (χ1n) is 12.4. The number of methoxy groups -OCH3 is 1. The third-order valence-corrected chi connectivity index (χ3v) is 8.39. The number of carbonyl (C=O) groups is 1. The lowest BCUT2D eigenvalue weighted by atomic mass is 9.98. The smallest absolute Gasteiger partial charge is 0.256 e. The number of aromatic nitrogens is 1. The molecule has 4 rings (SSSR count). The fourth-order valence-electron chi connectivity index (χ4n) is 4.72. The van der Waals surface area contributed by atoms with Crippen molar-refractivity contribution in [3.8, 4) is 17.2 Å². The maximum atomic E-state index is 12.6. The number of carbonyl (C=O) groups excluding carboxylic acids is 1. The van der Waals surface area contributed by atoms with E-state index in [0.29, 0.717) is 55.6 Å². The first-order valence-corrected chi connectivity index (χ1v) is 13.9. The first-order chi connectivity index (χ1) is 17.7. The number of benzene rings is 1. The van der Waals surface area contributed by atoms with Crippen LogP contribution in [0.15, 0.2) is 42.3 Å². The van der Waals surface area contributed by atoms with Gasteiger partial charge < -0.3 is 14.5 Å². The lowest BCUT2D eigenvalue weighted by Crippen LogP contribution is -2.54. The Labute approximate surface area is 219 Å². The topological polar surface area (TPSA) is 107 Å². The van der Waals surface area contributed by atoms with Crippen molar-refractivity contribution in [3.63, 3.8) is 0 Å². The van der Waals surface area contributed by atoms with Gasteiger partial charge in [-0.3, -0.25) is 9.10 Å². The Morgan fingerprint density at radius 2 is 2.08 bits per heavy atom. The first kappa shape index (κ1) is 26.6. The minimum absolute atomic E-state index is 0.0190. The summed E-state index contributed by atoms with van der Waals surface area (Å²) in [4.78, 5) is 21.6. The highest BCUT2D eigenvalue weighted by Crippen LogP contribution is 2.45. The van der Waals surface area contributed by atoms with Crippen LogP contribution in [0.5, 0.6) is 0 Å². The molecule has 2 fully saturated rings. The highest BCUT2D eigenvalue weighted by atomic mass is 32.2. The van der Waals surface area contributed by atoms with Gasteiger partial charge in [0.25, 0.3) is 10.0 Å². The van der Waals surface area contributed by atoms with E-state index >= 15 is 0 Å². The molecule has 1 aliphatic carbocycles. The van der Waals surface area contributed by atoms with E-state index in [9.17, 15) is 18.5 Å². The van der Waals surface area contributed by atoms with Crippen LogP contribution in [0.1, 0.15) is 43.4 Å². The summed E-state index contributed by atoms with van der Waals surface area (Å²) in [6.45, 7) is 7.55. The molecular formula is C27H33N5O4S. The number of hydrogen-bond acceptors (Lipinski definition) is 7. The molecule has 1 aliphatic heterocycles. The molecule has 0 bridgehead atoms. The third kappa shape index (κ3) is 5.63. The van der Waals surface area contributed by atoms with Crippen molar-refractivity contribution >= 4 is 27.4 Å². The minimum atomic E-state index is -3.63. The number of nitriles is 1. The van der Waals surface area contributed by atoms with Crippen molar-refractivity contribution in [1.29, 1.82) is 5.26 Å². The van der Waals surface area contributed by atoms with Gasteiger partial charge in [-0.2, -0.15) is 5.26 Å². The molecule has 2 heterocycles. The lowest BCUT2D eigenvalue weighted by molar-refractivity contribution is -0.134. The number of anilines is 2. The zero-order valence-electron chi connectivity index (χ0n) is 21.6. The Balaban J connectivity index is 1.67. The second kappa shape index (κ2) is 10.9. The highest BCUT2D eigenvalue weighted by Gasteiger charge is 2.33. The fraction of sp³-hybridized carbons (Fsp3) is 0.444. The molecule has 9 nitrogen and oxygen atoms in total. The van der Waals surface area contributed by atoms with Gasteiger partial charge in [0.1, 0.15) is 11.9 Å². The molecule has 1 aromatic heterocycles. The van der Waals surface area contributed by atoms with Gasteiger partial charge in [-0.15, -0.1) is 0 Å². The van der Waals surface area contributed by atoms with E-state index in [1.165, 1.54) is 11.4 Å². The van der Waals surface area contributed by atoms with Crippen LogP contribution in [0.4, 0.5) is 11.5 Å². The van der Waals surface area contributed by atoms with Crippen LogP contribution in [-0.4, -0.2) is 70.6 Å². The van der Waals surface area contributed by atoms with Crippen LogP contribution >= 0.6 is 0 Å². The number of piperazine rings is 1. The third-order valence-electron chi connectivity index (χ3n) is 7.00. The second-order valence-electron chi connectivity index (χ2n) is 9.53. The van der Waals surface area contributed by atoms with Crippen molar-refractivity contribution in [2.24, 2.45) is 0 Å². The molecule has 0 N–H and O–H groups in total. The van der Waals surface area contributed by atoms with Crippen molar-refractivity contribution in [1.82, 2.24) is 9.88 Å². The van der Waals surface area contributed by atoms with Gasteiger partial charge in [-0.05, 0) is 43.5 Å². The van der Waals surface area contributed by atoms with E-state index in [-0.39, 0.29) is 11.9 Å². The Morgan fingerprint density at radius 1 is 1.32 bits per heavy atom. The summed E-state index contributed by atoms with van der Waals surface area (Å²) in [5.41, 5.74) is 3.54. The Morgan fingerprint density at radius 3 is 2.70 bits per heavy atom. The number of nitrogens with zero attached hydrogens (tertiary/aromatic N) is 5. The molecular weight excluding hydrogens is 490 g/mol. The predicted molar refractivity (Wildman–Crippen MR) is 144 cm³/mol. The number of rotatable bonds is 9. The van der Waals surface area contributed by atoms with Crippen LogP contribution in [0.25, 0.3) is 11.1 Å². The van der Waals surface area contributed by atoms with E-state index in [2.05, 4.69) is 17.5 Å². The zero-order valence-corrected chi connectivity index (χ0v) is 22.4. The molecule has 2 aliphatic rings. The largest absolute Gasteiger partial charge is 0.384 e. The molecule has 1 saturated heterocycles. The average molecular weight is 524 g/mol. The summed E-state index contributed by atoms with van der Waals surface area (Å²) in [7, 11) is -0.559. The number of hydrogen-bond donors (Lipinski definition) is 0. The molecule has 1 amide bonds. The Kier molecular flexibility index (Phi) is 7.85. The molecule has 1 aromatic carbocycles. The Bertz CT molecular complexity index is 1330. The van der Waals surface area contributed by atoms with E-state index < -0.39 is 10.0 Å². The maximum Gasteiger partial charge on any atom is 0.256 e. The number of ether oxygens (including phenoxy) is 1. The number of pyridine rings is 1. The summed E-state index contributed by atoms with van der Waals surface area (Å²) in [5, 5.41) is 11.0. The van der Waals surface area contributed by atoms with Gasteiger partial charge in [0.2, 0.25) is 5.91 Å². The van der Waals surface area contributed by atoms with Crippen molar-refractivity contribution in [2.45, 2.75) is 38.1 Å². The summed E-state index contributed by atoms with van der Waals surface area (Å²) in [5.74, 6) is 1.01. The normalized spacial score (nSPS) is 17.8. The quantitative estimate of drug-likeness (QED) is 0.495. The van der Waals surface area contributed by atoms with Crippen LogP contribution in [0.3, 0.4) is 0 Å². The van der Waals surface area contributed by atoms with Gasteiger partial charge >= 0.3 is 0 Å². The molecule has 0 radical (unpaired) electrons. The van der Waals surface area contributed by atoms with Gasteiger partial charge in [0, 0.05) is 56.7 Å². The van der Waals surface area contributed by atoms with E-state index in [1.54, 1.807) is 25.3 Å². The average Bonchev–Trinajstić information content (AvgIpc) is 3.76. The van der Waals surface area contributed by atoms with Crippen LogP contribution in [-0.2, 0) is 19.6 Å². The van der Waals surface area contributed by atoms with E-state index in [0.717, 1.165) is 35.1 Å². The molecule has 10 heteroatoms. The van der Waals surface area contributed by atoms with Crippen molar-refractivity contribution in [2.75, 3.05) is 49.6 Å². The summed E-state index contributed by atoms with van der Waals surface area (Å²) >= 11 is 0. The minimum Gasteiger partial charge on any atom is -0.384 e. The van der Waals surface area contributed by atoms with Crippen LogP contribution < -0.4 is 9.21 Å². The van der Waals surface area contributed by atoms with Gasteiger partial charge in [0.15, 0.2) is 0 Å². The zero-order chi connectivity index (χ0) is 26.7. The lowest BCUT2D eigenvalue weighted by Gasteiger charge is -2.41. The van der Waals surface area contributed by atoms with E-state index in [1.807, 2.05) is 24.0 Å². The predicted octanol–water partition coefficient (Wildman–Crippen LogP) is 3.48. The van der Waals surface area contributed by atoms with Gasteiger partial charge in [-0.1, -0.05) is 18.7 Å². The number of amides is 1. The summed E-state index contributed by atoms with van der Waals surface area (Å²) in [6, 6.07) is 11.4. The maximum absolute atomic E-state index is 12.6. The molecule has 0 spiro atoms. The molecule has 1 atom stereocenters. The molecule has 37 heavy (non-hydrogen) atoms. The fourth-order valence-corrected chi connectivity index (χ4v) is 5.35. The number of sulfonamides is 1. The second-order valence-corrected chi connectivity index (χ2v) is 11.4. The molecule has 2 aromatic rings. The molecule has 0 unspecified atom stereocenters. The molecule has 196 valence electrons. The SMILES string of the molecule is C=CS(=O)(=O)N(C)c1cccc(-c2cc(C#N)c(N3CCN(C(=O)CCOC)[C@H](C)C3)nc2C2CC2)c1. The standard InChI is InChI=1S/C27H33N5O4S/c1-5-37(34,35)30(3)23-8-6-7-21(15-23)24-16-22(17-28)27(29-26(24)20-9-10-20)31-12-13-32(19(2)18-31)25(33)11-14-36-4/h5-8,15-16,19-20H,1,9-14,18H2,2-4H3/t19-/m1/s1. The molecule has 1 saturated carbocycles. The monoisotopic (exact) mass is 523 g/mol. The highest BCUT2D eigenvalue weighted by molar-refractivity contribution is 7.95. The van der Waals surface area contributed by atoms with Crippen molar-refractivity contribution < 1.29 is 17.9 Å². The summed E-state index contributed by atoms with van der Waals surface area (Å²) < 4.78 is 30.9. The van der Waals surface area contributed by atoms with Crippen LogP contribution in [0.2, 0.25) is 0 Å². The Hall–Kier alpha value is -3.42. The van der Waals surface area contributed by atoms with Crippen LogP contribution in [0, 0.1) is 11.3 Å². The summed E-state index contributed by atoms with van der Waals surface area (Å²) in [6.07, 6.45) is 2.40.